The molecular weight excluding hydrogens is 286 g/mol. The maximum Gasteiger partial charge on any atom is 0.320 e. The number of ketones is 1. The van der Waals surface area contributed by atoms with E-state index in [-0.39, 0.29) is 11.8 Å². The van der Waals surface area contributed by atoms with Gasteiger partial charge in [0, 0.05) is 31.6 Å². The van der Waals surface area contributed by atoms with Crippen LogP contribution in [0.25, 0.3) is 0 Å². The Hall–Kier alpha value is -1.80. The van der Waals surface area contributed by atoms with Gasteiger partial charge in [-0.15, -0.1) is 5.10 Å². The Morgan fingerprint density at radius 1 is 1.45 bits per heavy atom. The first-order chi connectivity index (χ1) is 10.4. The number of carbonyl (C=O) groups is 2. The van der Waals surface area contributed by atoms with Crippen molar-refractivity contribution < 1.29 is 14.7 Å². The van der Waals surface area contributed by atoms with E-state index in [1.165, 1.54) is 6.92 Å². The fourth-order valence-electron chi connectivity index (χ4n) is 2.26. The number of unbranched alkanes of at least 4 members (excludes halogenated alkanes) is 1. The van der Waals surface area contributed by atoms with Crippen LogP contribution >= 0.6 is 0 Å². The van der Waals surface area contributed by atoms with Gasteiger partial charge in [0.05, 0.1) is 5.69 Å². The highest BCUT2D eigenvalue weighted by atomic mass is 16.4. The van der Waals surface area contributed by atoms with Crippen LogP contribution in [0, 0.1) is 0 Å². The third-order valence-corrected chi connectivity index (χ3v) is 3.38. The number of rotatable bonds is 11. The molecule has 1 aromatic heterocycles. The maximum atomic E-state index is 11.0. The van der Waals surface area contributed by atoms with Crippen LogP contribution in [0.4, 0.5) is 0 Å². The Labute approximate surface area is 130 Å². The van der Waals surface area contributed by atoms with Crippen LogP contribution in [0.5, 0.6) is 0 Å². The Kier molecular flexibility index (Phi) is 7.69. The van der Waals surface area contributed by atoms with Crippen molar-refractivity contribution in [1.82, 2.24) is 20.3 Å². The third-order valence-electron chi connectivity index (χ3n) is 3.38. The summed E-state index contributed by atoms with van der Waals surface area (Å²) in [5.74, 6) is -0.762. The second-order valence-corrected chi connectivity index (χ2v) is 5.52. The molecule has 8 heteroatoms. The summed E-state index contributed by atoms with van der Waals surface area (Å²) in [6.45, 7) is 2.21. The van der Waals surface area contributed by atoms with E-state index in [4.69, 9.17) is 10.8 Å². The molecule has 0 aliphatic heterocycles. The number of hydrogen-bond acceptors (Lipinski definition) is 6. The van der Waals surface area contributed by atoms with Crippen molar-refractivity contribution in [2.45, 2.75) is 57.7 Å². The van der Waals surface area contributed by atoms with Crippen molar-refractivity contribution in [1.29, 1.82) is 0 Å². The molecule has 0 bridgehead atoms. The molecule has 22 heavy (non-hydrogen) atoms. The van der Waals surface area contributed by atoms with Gasteiger partial charge in [-0.25, -0.2) is 0 Å². The standard InChI is InChI=1S/C14H25N5O3/c1-10(20)7-11(15)8-12-9-19(18-17-12)6-4-3-5-13(16-2)14(21)22/h9,11,13,16H,3-8,15H2,1-2H3,(H,21,22). The molecule has 1 aromatic rings. The van der Waals surface area contributed by atoms with Crippen LogP contribution in [0.15, 0.2) is 6.20 Å². The van der Waals surface area contributed by atoms with E-state index in [0.717, 1.165) is 18.5 Å². The monoisotopic (exact) mass is 311 g/mol. The number of carboxylic acids is 1. The zero-order valence-corrected chi connectivity index (χ0v) is 13.2. The van der Waals surface area contributed by atoms with E-state index in [2.05, 4.69) is 15.6 Å². The summed E-state index contributed by atoms with van der Waals surface area (Å²) in [7, 11) is 1.65. The van der Waals surface area contributed by atoms with Gasteiger partial charge in [0.2, 0.25) is 0 Å². The molecule has 1 heterocycles. The molecule has 0 saturated heterocycles. The van der Waals surface area contributed by atoms with Gasteiger partial charge in [0.25, 0.3) is 0 Å². The highest BCUT2D eigenvalue weighted by molar-refractivity contribution is 5.76. The summed E-state index contributed by atoms with van der Waals surface area (Å²) in [6, 6.07) is -0.731. The number of carbonyl (C=O) groups excluding carboxylic acids is 1. The summed E-state index contributed by atoms with van der Waals surface area (Å²) >= 11 is 0. The van der Waals surface area contributed by atoms with E-state index >= 15 is 0 Å². The average Bonchev–Trinajstić information content (AvgIpc) is 2.84. The maximum absolute atomic E-state index is 11.0. The van der Waals surface area contributed by atoms with Crippen LogP contribution in [-0.2, 0) is 22.6 Å². The summed E-state index contributed by atoms with van der Waals surface area (Å²) in [4.78, 5) is 21.8. The first-order valence-electron chi connectivity index (χ1n) is 7.46. The van der Waals surface area contributed by atoms with Gasteiger partial charge in [-0.1, -0.05) is 5.21 Å². The number of nitrogens with one attached hydrogen (secondary N) is 1. The summed E-state index contributed by atoms with van der Waals surface area (Å²) in [5, 5.41) is 19.7. The van der Waals surface area contributed by atoms with Gasteiger partial charge >= 0.3 is 5.97 Å². The van der Waals surface area contributed by atoms with E-state index < -0.39 is 12.0 Å². The lowest BCUT2D eigenvalue weighted by Gasteiger charge is -2.10. The highest BCUT2D eigenvalue weighted by Gasteiger charge is 2.14. The van der Waals surface area contributed by atoms with Gasteiger partial charge in [0.1, 0.15) is 11.8 Å². The minimum absolute atomic E-state index is 0.0670. The van der Waals surface area contributed by atoms with Gasteiger partial charge in [-0.2, -0.15) is 0 Å². The van der Waals surface area contributed by atoms with Gasteiger partial charge < -0.3 is 16.2 Å². The van der Waals surface area contributed by atoms with E-state index in [1.54, 1.807) is 11.7 Å². The zero-order chi connectivity index (χ0) is 16.5. The molecule has 2 unspecified atom stereocenters. The van der Waals surface area contributed by atoms with Crippen molar-refractivity contribution in [3.8, 4) is 0 Å². The van der Waals surface area contributed by atoms with Crippen LogP contribution in [0.2, 0.25) is 0 Å². The normalized spacial score (nSPS) is 13.8. The van der Waals surface area contributed by atoms with Crippen LogP contribution < -0.4 is 11.1 Å². The number of aliphatic carboxylic acids is 1. The molecule has 0 fully saturated rings. The predicted octanol–water partition coefficient (Wildman–Crippen LogP) is -0.0301. The number of aryl methyl sites for hydroxylation is 1. The van der Waals surface area contributed by atoms with Gasteiger partial charge in [-0.05, 0) is 33.2 Å². The largest absolute Gasteiger partial charge is 0.480 e. The van der Waals surface area contributed by atoms with Crippen molar-refractivity contribution in [3.63, 3.8) is 0 Å². The lowest BCUT2D eigenvalue weighted by Crippen LogP contribution is -2.33. The summed E-state index contributed by atoms with van der Waals surface area (Å²) in [5.41, 5.74) is 6.62. The fraction of sp³-hybridized carbons (Fsp3) is 0.714. The first-order valence-corrected chi connectivity index (χ1v) is 7.46. The van der Waals surface area contributed by atoms with Crippen molar-refractivity contribution >= 4 is 11.8 Å². The topological polar surface area (TPSA) is 123 Å². The number of likely N-dealkylation sites (N-methyl/N-ethyl adjacent to an activating group) is 1. The second-order valence-electron chi connectivity index (χ2n) is 5.52. The van der Waals surface area contributed by atoms with Crippen molar-refractivity contribution in [2.24, 2.45) is 5.73 Å². The number of nitrogens with zero attached hydrogens (tertiary/aromatic N) is 3. The Bertz CT molecular complexity index is 489. The lowest BCUT2D eigenvalue weighted by atomic mass is 10.1. The van der Waals surface area contributed by atoms with Crippen LogP contribution in [-0.4, -0.2) is 51.0 Å². The van der Waals surface area contributed by atoms with Gasteiger partial charge in [-0.3, -0.25) is 14.3 Å². The van der Waals surface area contributed by atoms with E-state index in [9.17, 15) is 9.59 Å². The van der Waals surface area contributed by atoms with Gasteiger partial charge in [0.15, 0.2) is 0 Å². The summed E-state index contributed by atoms with van der Waals surface area (Å²) < 4.78 is 1.73. The molecule has 4 N–H and O–H groups in total. The van der Waals surface area contributed by atoms with E-state index in [1.807, 2.05) is 6.20 Å². The molecule has 0 aliphatic carbocycles. The molecule has 8 nitrogen and oxygen atoms in total. The zero-order valence-electron chi connectivity index (χ0n) is 13.2. The summed E-state index contributed by atoms with van der Waals surface area (Å²) in [6.07, 6.45) is 4.89. The molecule has 124 valence electrons. The number of nitrogens with two attached hydrogens (primary N) is 1. The molecule has 2 atom stereocenters. The number of aromatic nitrogens is 3. The number of carboxylic acid groups (broad SMARTS) is 1. The molecule has 0 saturated carbocycles. The van der Waals surface area contributed by atoms with Crippen LogP contribution in [0.1, 0.15) is 38.3 Å². The quantitative estimate of drug-likeness (QED) is 0.490. The molecule has 0 aliphatic rings. The SMILES string of the molecule is CNC(CCCCn1cc(CC(N)CC(C)=O)nn1)C(=O)O. The molecule has 0 amide bonds. The number of hydrogen-bond donors (Lipinski definition) is 3. The Morgan fingerprint density at radius 3 is 2.77 bits per heavy atom. The number of Topliss-reactive ketones (excluding diaryl/α,β-unsaturated/α-hetero) is 1. The predicted molar refractivity (Wildman–Crippen MR) is 81.3 cm³/mol. The molecule has 0 aromatic carbocycles. The molecular formula is C14H25N5O3. The molecule has 1 rings (SSSR count). The van der Waals surface area contributed by atoms with Crippen molar-refractivity contribution in [2.75, 3.05) is 7.05 Å². The minimum Gasteiger partial charge on any atom is -0.480 e. The smallest absolute Gasteiger partial charge is 0.320 e. The Balaban J connectivity index is 2.30. The molecule has 0 spiro atoms. The minimum atomic E-state index is -0.829. The fourth-order valence-corrected chi connectivity index (χ4v) is 2.26. The first kappa shape index (κ1) is 18.2. The highest BCUT2D eigenvalue weighted by Crippen LogP contribution is 2.05. The second kappa shape index (κ2) is 9.26. The van der Waals surface area contributed by atoms with E-state index in [0.29, 0.717) is 25.8 Å². The van der Waals surface area contributed by atoms with Crippen LogP contribution in [0.3, 0.4) is 0 Å². The Morgan fingerprint density at radius 2 is 2.18 bits per heavy atom. The third kappa shape index (κ3) is 6.77. The lowest BCUT2D eigenvalue weighted by molar-refractivity contribution is -0.139. The van der Waals surface area contributed by atoms with Crippen molar-refractivity contribution in [3.05, 3.63) is 11.9 Å². The average molecular weight is 311 g/mol. The molecule has 0 radical (unpaired) electrons.